The summed E-state index contributed by atoms with van der Waals surface area (Å²) in [7, 11) is 0. The van der Waals surface area contributed by atoms with E-state index in [4.69, 9.17) is 5.73 Å². The van der Waals surface area contributed by atoms with Gasteiger partial charge in [0.05, 0.1) is 5.69 Å². The molecule has 13 heavy (non-hydrogen) atoms. The summed E-state index contributed by atoms with van der Waals surface area (Å²) in [5.74, 6) is -0.287. The molecule has 1 rings (SSSR count). The highest BCUT2D eigenvalue weighted by atomic mass is 16.1. The smallest absolute Gasteiger partial charge is 0.219 e. The third-order valence-electron chi connectivity index (χ3n) is 2.31. The van der Waals surface area contributed by atoms with Gasteiger partial charge in [0.1, 0.15) is 0 Å². The summed E-state index contributed by atoms with van der Waals surface area (Å²) in [4.78, 5) is 10.6. The molecule has 2 N–H and O–H groups in total. The van der Waals surface area contributed by atoms with Gasteiger partial charge in [0.2, 0.25) is 5.91 Å². The van der Waals surface area contributed by atoms with E-state index in [2.05, 4.69) is 5.10 Å². The van der Waals surface area contributed by atoms with Gasteiger partial charge in [-0.05, 0) is 26.3 Å². The van der Waals surface area contributed by atoms with Crippen molar-refractivity contribution in [1.82, 2.24) is 9.78 Å². The predicted octanol–water partition coefficient (Wildman–Crippen LogP) is 0.684. The van der Waals surface area contributed by atoms with Gasteiger partial charge in [-0.1, -0.05) is 0 Å². The first-order valence-corrected chi connectivity index (χ1v) is 4.31. The molecule has 72 valence electrons. The van der Waals surface area contributed by atoms with E-state index in [9.17, 15) is 4.79 Å². The lowest BCUT2D eigenvalue weighted by Gasteiger charge is -2.01. The monoisotopic (exact) mass is 181 g/mol. The van der Waals surface area contributed by atoms with Crippen LogP contribution < -0.4 is 5.73 Å². The highest BCUT2D eigenvalue weighted by Gasteiger charge is 2.07. The zero-order valence-corrected chi connectivity index (χ0v) is 8.29. The quantitative estimate of drug-likeness (QED) is 0.745. The molecule has 0 unspecified atom stereocenters. The molecule has 1 amide bonds. The van der Waals surface area contributed by atoms with Crippen molar-refractivity contribution < 1.29 is 4.79 Å². The molecule has 4 nitrogen and oxygen atoms in total. The van der Waals surface area contributed by atoms with Crippen molar-refractivity contribution in [3.8, 4) is 0 Å². The van der Waals surface area contributed by atoms with Gasteiger partial charge in [-0.3, -0.25) is 9.48 Å². The van der Waals surface area contributed by atoms with Gasteiger partial charge in [0.25, 0.3) is 0 Å². The second kappa shape index (κ2) is 3.60. The third kappa shape index (κ3) is 2.08. The molecule has 4 heteroatoms. The number of hydrogen-bond acceptors (Lipinski definition) is 2. The van der Waals surface area contributed by atoms with E-state index in [1.165, 1.54) is 5.56 Å². The Morgan fingerprint density at radius 3 is 2.46 bits per heavy atom. The molecule has 0 saturated carbocycles. The second-order valence-corrected chi connectivity index (χ2v) is 3.24. The molecule has 0 radical (unpaired) electrons. The number of rotatable bonds is 3. The van der Waals surface area contributed by atoms with Crippen LogP contribution in [0.1, 0.15) is 23.4 Å². The molecule has 0 bridgehead atoms. The van der Waals surface area contributed by atoms with Crippen LogP contribution in [0.3, 0.4) is 0 Å². The van der Waals surface area contributed by atoms with E-state index < -0.39 is 0 Å². The summed E-state index contributed by atoms with van der Waals surface area (Å²) >= 11 is 0. The minimum Gasteiger partial charge on any atom is -0.370 e. The first kappa shape index (κ1) is 9.77. The number of nitrogens with zero attached hydrogens (tertiary/aromatic N) is 2. The minimum atomic E-state index is -0.287. The number of aromatic nitrogens is 2. The Morgan fingerprint density at radius 2 is 2.08 bits per heavy atom. The van der Waals surface area contributed by atoms with Crippen molar-refractivity contribution in [3.63, 3.8) is 0 Å². The average molecular weight is 181 g/mol. The van der Waals surface area contributed by atoms with Crippen LogP contribution in [0.4, 0.5) is 0 Å². The summed E-state index contributed by atoms with van der Waals surface area (Å²) in [6.07, 6.45) is 0.349. The number of carbonyl (C=O) groups excluding carboxylic acids is 1. The molecular weight excluding hydrogens is 166 g/mol. The lowest BCUT2D eigenvalue weighted by molar-refractivity contribution is -0.118. The molecule has 0 fully saturated rings. The highest BCUT2D eigenvalue weighted by molar-refractivity contribution is 5.73. The van der Waals surface area contributed by atoms with Crippen LogP contribution in [-0.2, 0) is 11.3 Å². The normalized spacial score (nSPS) is 10.4. The van der Waals surface area contributed by atoms with Crippen LogP contribution in [-0.4, -0.2) is 15.7 Å². The Balaban J connectivity index is 2.78. The Morgan fingerprint density at radius 1 is 1.46 bits per heavy atom. The van der Waals surface area contributed by atoms with E-state index in [0.29, 0.717) is 13.0 Å². The van der Waals surface area contributed by atoms with E-state index in [-0.39, 0.29) is 5.91 Å². The van der Waals surface area contributed by atoms with Gasteiger partial charge in [-0.2, -0.15) is 5.10 Å². The molecule has 0 spiro atoms. The van der Waals surface area contributed by atoms with Crippen molar-refractivity contribution in [2.45, 2.75) is 33.7 Å². The topological polar surface area (TPSA) is 60.9 Å². The summed E-state index contributed by atoms with van der Waals surface area (Å²) in [5.41, 5.74) is 8.37. The highest BCUT2D eigenvalue weighted by Crippen LogP contribution is 2.10. The van der Waals surface area contributed by atoms with Crippen molar-refractivity contribution >= 4 is 5.91 Å². The molecule has 1 aromatic rings. The lowest BCUT2D eigenvalue weighted by Crippen LogP contribution is -2.15. The fourth-order valence-electron chi connectivity index (χ4n) is 1.22. The molecule has 0 atom stereocenters. The van der Waals surface area contributed by atoms with Crippen molar-refractivity contribution in [3.05, 3.63) is 17.0 Å². The van der Waals surface area contributed by atoms with Crippen LogP contribution in [0.15, 0.2) is 0 Å². The first-order chi connectivity index (χ1) is 6.02. The van der Waals surface area contributed by atoms with Gasteiger partial charge < -0.3 is 5.73 Å². The van der Waals surface area contributed by atoms with Crippen molar-refractivity contribution in [1.29, 1.82) is 0 Å². The van der Waals surface area contributed by atoms with Gasteiger partial charge in [0.15, 0.2) is 0 Å². The number of primary amides is 1. The fourth-order valence-corrected chi connectivity index (χ4v) is 1.22. The summed E-state index contributed by atoms with van der Waals surface area (Å²) in [6.45, 7) is 6.56. The van der Waals surface area contributed by atoms with Crippen LogP contribution in [0.25, 0.3) is 0 Å². The first-order valence-electron chi connectivity index (χ1n) is 4.31. The number of hydrogen-bond donors (Lipinski definition) is 1. The molecule has 0 aromatic carbocycles. The average Bonchev–Trinajstić information content (AvgIpc) is 2.29. The predicted molar refractivity (Wildman–Crippen MR) is 50.2 cm³/mol. The number of nitrogens with two attached hydrogens (primary N) is 1. The standard InChI is InChI=1S/C9H15N3O/c1-6-7(2)11-12(8(6)3)5-4-9(10)13/h4-5H2,1-3H3,(H2,10,13). The summed E-state index contributed by atoms with van der Waals surface area (Å²) in [5, 5.41) is 4.29. The molecule has 1 aromatic heterocycles. The third-order valence-corrected chi connectivity index (χ3v) is 2.31. The number of aryl methyl sites for hydroxylation is 2. The van der Waals surface area contributed by atoms with E-state index in [1.807, 2.05) is 25.5 Å². The lowest BCUT2D eigenvalue weighted by atomic mass is 10.2. The van der Waals surface area contributed by atoms with Crippen LogP contribution in [0, 0.1) is 20.8 Å². The maximum absolute atomic E-state index is 10.6. The van der Waals surface area contributed by atoms with Crippen LogP contribution in [0.2, 0.25) is 0 Å². The van der Waals surface area contributed by atoms with Crippen LogP contribution in [0.5, 0.6) is 0 Å². The van der Waals surface area contributed by atoms with Crippen molar-refractivity contribution in [2.75, 3.05) is 0 Å². The van der Waals surface area contributed by atoms with E-state index in [0.717, 1.165) is 11.4 Å². The van der Waals surface area contributed by atoms with E-state index >= 15 is 0 Å². The maximum Gasteiger partial charge on any atom is 0.219 e. The van der Waals surface area contributed by atoms with Crippen LogP contribution >= 0.6 is 0 Å². The molecule has 0 aliphatic heterocycles. The largest absolute Gasteiger partial charge is 0.370 e. The number of carbonyl (C=O) groups is 1. The minimum absolute atomic E-state index is 0.287. The van der Waals surface area contributed by atoms with Gasteiger partial charge in [-0.15, -0.1) is 0 Å². The molecule has 1 heterocycles. The number of amides is 1. The van der Waals surface area contributed by atoms with Gasteiger partial charge >= 0.3 is 0 Å². The Hall–Kier alpha value is -1.32. The zero-order valence-electron chi connectivity index (χ0n) is 8.29. The van der Waals surface area contributed by atoms with E-state index in [1.54, 1.807) is 0 Å². The summed E-state index contributed by atoms with van der Waals surface area (Å²) < 4.78 is 1.83. The Labute approximate surface area is 77.7 Å². The van der Waals surface area contributed by atoms with Gasteiger partial charge in [-0.25, -0.2) is 0 Å². The Bertz CT molecular complexity index is 328. The SMILES string of the molecule is Cc1nn(CCC(N)=O)c(C)c1C. The molecule has 0 aliphatic carbocycles. The van der Waals surface area contributed by atoms with Gasteiger partial charge in [0, 0.05) is 18.7 Å². The summed E-state index contributed by atoms with van der Waals surface area (Å²) in [6, 6.07) is 0. The molecular formula is C9H15N3O. The maximum atomic E-state index is 10.6. The molecule has 0 aliphatic rings. The van der Waals surface area contributed by atoms with Crippen molar-refractivity contribution in [2.24, 2.45) is 5.73 Å². The Kier molecular flexibility index (Phi) is 2.70. The molecule has 0 saturated heterocycles. The second-order valence-electron chi connectivity index (χ2n) is 3.24. The zero-order chi connectivity index (χ0) is 10.0. The fraction of sp³-hybridized carbons (Fsp3) is 0.556.